The van der Waals surface area contributed by atoms with E-state index in [1.54, 1.807) is 0 Å². The number of benzene rings is 1. The number of carbonyl (C=O) groups excluding carboxylic acids is 2. The molecule has 0 unspecified atom stereocenters. The predicted octanol–water partition coefficient (Wildman–Crippen LogP) is 1.41. The van der Waals surface area contributed by atoms with Crippen molar-refractivity contribution in [3.8, 4) is 11.3 Å². The van der Waals surface area contributed by atoms with Gasteiger partial charge in [-0.25, -0.2) is 4.79 Å². The van der Waals surface area contributed by atoms with Crippen LogP contribution in [0.4, 0.5) is 15.5 Å². The molecule has 0 atom stereocenters. The molecule has 0 fully saturated rings. The molecule has 3 amide bonds. The quantitative estimate of drug-likeness (QED) is 0.415. The lowest BCUT2D eigenvalue weighted by molar-refractivity contribution is -0.384. The van der Waals surface area contributed by atoms with Crippen molar-refractivity contribution in [2.24, 2.45) is 5.73 Å². The summed E-state index contributed by atoms with van der Waals surface area (Å²) in [5, 5.41) is 24.0. The van der Waals surface area contributed by atoms with E-state index in [4.69, 9.17) is 10.8 Å². The van der Waals surface area contributed by atoms with Crippen molar-refractivity contribution in [3.63, 3.8) is 0 Å². The lowest BCUT2D eigenvalue weighted by Crippen LogP contribution is -2.31. The van der Waals surface area contributed by atoms with Crippen LogP contribution in [0.3, 0.4) is 0 Å². The molecule has 2 rings (SSSR count). The fraction of sp³-hybridized carbons (Fsp3) is 0.143. The molecule has 0 radical (unpaired) electrons. The van der Waals surface area contributed by atoms with Crippen LogP contribution in [0.5, 0.6) is 0 Å². The number of carbonyl (C=O) groups is 3. The van der Waals surface area contributed by atoms with Crippen LogP contribution in [0.2, 0.25) is 0 Å². The van der Waals surface area contributed by atoms with Crippen molar-refractivity contribution in [3.05, 3.63) is 39.9 Å². The van der Waals surface area contributed by atoms with Crippen molar-refractivity contribution >= 4 is 40.1 Å². The summed E-state index contributed by atoms with van der Waals surface area (Å²) in [6, 6.07) is 4.62. The van der Waals surface area contributed by atoms with Crippen LogP contribution in [-0.2, 0) is 4.79 Å². The number of hydrogen-bond acceptors (Lipinski definition) is 7. The number of anilines is 1. The minimum absolute atomic E-state index is 0.0442. The number of aliphatic carboxylic acids is 1. The highest BCUT2D eigenvalue weighted by molar-refractivity contribution is 7.11. The summed E-state index contributed by atoms with van der Waals surface area (Å²) in [4.78, 5) is 44.1. The Morgan fingerprint density at radius 1 is 1.27 bits per heavy atom. The van der Waals surface area contributed by atoms with Crippen LogP contribution in [0.25, 0.3) is 11.3 Å². The van der Waals surface area contributed by atoms with Gasteiger partial charge in [-0.15, -0.1) is 0 Å². The monoisotopic (exact) mass is 379 g/mol. The lowest BCUT2D eigenvalue weighted by atomic mass is 10.1. The summed E-state index contributed by atoms with van der Waals surface area (Å²) in [5.41, 5.74) is 5.79. The van der Waals surface area contributed by atoms with Gasteiger partial charge >= 0.3 is 12.0 Å². The number of aromatic nitrogens is 1. The number of amides is 3. The number of nitro groups is 1. The zero-order valence-electron chi connectivity index (χ0n) is 13.1. The summed E-state index contributed by atoms with van der Waals surface area (Å²) in [7, 11) is 0. The SMILES string of the molecule is NC(=O)c1c(-c2ccc([N+](=O)[O-])cc2)nsc1NC(=O)NCCC(=O)O. The van der Waals surface area contributed by atoms with Crippen molar-refractivity contribution in [1.82, 2.24) is 9.69 Å². The molecule has 0 bridgehead atoms. The van der Waals surface area contributed by atoms with Crippen LogP contribution in [0.1, 0.15) is 16.8 Å². The maximum Gasteiger partial charge on any atom is 0.319 e. The molecular formula is C14H13N5O6S. The van der Waals surface area contributed by atoms with E-state index in [1.807, 2.05) is 0 Å². The number of carboxylic acid groups (broad SMARTS) is 1. The Hall–Kier alpha value is -3.54. The molecular weight excluding hydrogens is 366 g/mol. The third-order valence-corrected chi connectivity index (χ3v) is 3.90. The summed E-state index contributed by atoms with van der Waals surface area (Å²) in [6.07, 6.45) is -0.257. The highest BCUT2D eigenvalue weighted by atomic mass is 32.1. The van der Waals surface area contributed by atoms with Gasteiger partial charge in [-0.2, -0.15) is 4.37 Å². The van der Waals surface area contributed by atoms with E-state index in [1.165, 1.54) is 24.3 Å². The number of nitrogens with one attached hydrogen (secondary N) is 2. The van der Waals surface area contributed by atoms with Gasteiger partial charge in [0.1, 0.15) is 10.6 Å². The Kier molecular flexibility index (Phi) is 5.80. The van der Waals surface area contributed by atoms with E-state index in [0.717, 1.165) is 11.5 Å². The summed E-state index contributed by atoms with van der Waals surface area (Å²) < 4.78 is 4.08. The van der Waals surface area contributed by atoms with Crippen LogP contribution >= 0.6 is 11.5 Å². The molecule has 11 nitrogen and oxygen atoms in total. The number of nitrogens with two attached hydrogens (primary N) is 1. The van der Waals surface area contributed by atoms with Crippen molar-refractivity contribution < 1.29 is 24.4 Å². The number of urea groups is 1. The van der Waals surface area contributed by atoms with E-state index in [2.05, 4.69) is 15.0 Å². The zero-order chi connectivity index (χ0) is 19.3. The number of primary amides is 1. The third-order valence-electron chi connectivity index (χ3n) is 3.14. The van der Waals surface area contributed by atoms with E-state index >= 15 is 0 Å². The largest absolute Gasteiger partial charge is 0.481 e. The maximum absolute atomic E-state index is 11.8. The van der Waals surface area contributed by atoms with Gasteiger partial charge < -0.3 is 16.2 Å². The number of nitro benzene ring substituents is 1. The normalized spacial score (nSPS) is 10.2. The van der Waals surface area contributed by atoms with Gasteiger partial charge in [0.05, 0.1) is 17.0 Å². The molecule has 2 aromatic rings. The molecule has 5 N–H and O–H groups in total. The number of hydrogen-bond donors (Lipinski definition) is 4. The number of rotatable bonds is 7. The Labute approximate surface area is 150 Å². The fourth-order valence-corrected chi connectivity index (χ4v) is 2.78. The fourth-order valence-electron chi connectivity index (χ4n) is 1.97. The third kappa shape index (κ3) is 4.51. The lowest BCUT2D eigenvalue weighted by Gasteiger charge is -2.06. The van der Waals surface area contributed by atoms with Gasteiger partial charge in [0.15, 0.2) is 0 Å². The van der Waals surface area contributed by atoms with E-state index < -0.39 is 22.8 Å². The van der Waals surface area contributed by atoms with Gasteiger partial charge in [0, 0.05) is 24.2 Å². The van der Waals surface area contributed by atoms with Crippen LogP contribution in [-0.4, -0.2) is 38.9 Å². The molecule has 0 aliphatic carbocycles. The Balaban J connectivity index is 2.22. The molecule has 1 aromatic heterocycles. The minimum atomic E-state index is -1.07. The van der Waals surface area contributed by atoms with Gasteiger partial charge in [-0.05, 0) is 23.7 Å². The molecule has 0 saturated carbocycles. The Morgan fingerprint density at radius 2 is 1.92 bits per heavy atom. The summed E-state index contributed by atoms with van der Waals surface area (Å²) >= 11 is 0.805. The smallest absolute Gasteiger partial charge is 0.319 e. The number of non-ortho nitro benzene ring substituents is 1. The predicted molar refractivity (Wildman–Crippen MR) is 92.0 cm³/mol. The van der Waals surface area contributed by atoms with E-state index in [9.17, 15) is 24.5 Å². The molecule has 1 aromatic carbocycles. The summed E-state index contributed by atoms with van der Waals surface area (Å²) in [5.74, 6) is -1.91. The topological polar surface area (TPSA) is 178 Å². The van der Waals surface area contributed by atoms with Gasteiger partial charge in [0.2, 0.25) is 0 Å². The second-order valence-electron chi connectivity index (χ2n) is 4.93. The van der Waals surface area contributed by atoms with Gasteiger partial charge in [0.25, 0.3) is 11.6 Å². The molecule has 136 valence electrons. The molecule has 1 heterocycles. The highest BCUT2D eigenvalue weighted by Crippen LogP contribution is 2.32. The van der Waals surface area contributed by atoms with E-state index in [-0.39, 0.29) is 34.9 Å². The maximum atomic E-state index is 11.8. The molecule has 0 spiro atoms. The average Bonchev–Trinajstić information content (AvgIpc) is 2.98. The van der Waals surface area contributed by atoms with Gasteiger partial charge in [-0.3, -0.25) is 25.0 Å². The molecule has 0 aliphatic heterocycles. The summed E-state index contributed by atoms with van der Waals surface area (Å²) in [6.45, 7) is -0.0961. The standard InChI is InChI=1S/C14H13N5O6S/c15-12(22)10-11(7-1-3-8(4-2-7)19(24)25)18-26-13(10)17-14(23)16-6-5-9(20)21/h1-4H,5-6H2,(H2,15,22)(H,20,21)(H2,16,17,23). The molecule has 26 heavy (non-hydrogen) atoms. The first-order valence-electron chi connectivity index (χ1n) is 7.10. The first-order valence-corrected chi connectivity index (χ1v) is 7.88. The highest BCUT2D eigenvalue weighted by Gasteiger charge is 2.22. The molecule has 0 saturated heterocycles. The first-order chi connectivity index (χ1) is 12.3. The second-order valence-corrected chi connectivity index (χ2v) is 5.70. The minimum Gasteiger partial charge on any atom is -0.481 e. The number of carboxylic acids is 1. The average molecular weight is 379 g/mol. The zero-order valence-corrected chi connectivity index (χ0v) is 13.9. The van der Waals surface area contributed by atoms with Crippen molar-refractivity contribution in [2.45, 2.75) is 6.42 Å². The van der Waals surface area contributed by atoms with Crippen LogP contribution < -0.4 is 16.4 Å². The van der Waals surface area contributed by atoms with Crippen molar-refractivity contribution in [1.29, 1.82) is 0 Å². The van der Waals surface area contributed by atoms with Crippen LogP contribution in [0.15, 0.2) is 24.3 Å². The molecule has 0 aliphatic rings. The number of nitrogens with zero attached hydrogens (tertiary/aromatic N) is 2. The first kappa shape index (κ1) is 18.8. The van der Waals surface area contributed by atoms with Crippen LogP contribution in [0, 0.1) is 10.1 Å². The molecule has 12 heteroatoms. The Morgan fingerprint density at radius 3 is 2.46 bits per heavy atom. The second kappa shape index (κ2) is 8.02. The van der Waals surface area contributed by atoms with Gasteiger partial charge in [-0.1, -0.05) is 0 Å². The van der Waals surface area contributed by atoms with E-state index in [0.29, 0.717) is 5.56 Å². The Bertz CT molecular complexity index is 863. The van der Waals surface area contributed by atoms with Crippen molar-refractivity contribution in [2.75, 3.05) is 11.9 Å².